The van der Waals surface area contributed by atoms with E-state index in [2.05, 4.69) is 25.3 Å². The van der Waals surface area contributed by atoms with Gasteiger partial charge in [0.05, 0.1) is 13.2 Å². The maximum atomic E-state index is 5.18. The Morgan fingerprint density at radius 1 is 1.13 bits per heavy atom. The highest BCUT2D eigenvalue weighted by atomic mass is 31.1. The van der Waals surface area contributed by atoms with Crippen LogP contribution in [0.5, 0.6) is 0 Å². The van der Waals surface area contributed by atoms with E-state index in [9.17, 15) is 0 Å². The zero-order chi connectivity index (χ0) is 11.7. The van der Waals surface area contributed by atoms with Crippen molar-refractivity contribution in [1.82, 2.24) is 4.90 Å². The Labute approximate surface area is 95.9 Å². The van der Waals surface area contributed by atoms with Crippen molar-refractivity contribution in [2.75, 3.05) is 67.1 Å². The lowest BCUT2D eigenvalue weighted by Crippen LogP contribution is -2.32. The first-order valence-electron chi connectivity index (χ1n) is 5.41. The fourth-order valence-corrected chi connectivity index (χ4v) is 2.27. The van der Waals surface area contributed by atoms with E-state index in [4.69, 9.17) is 9.47 Å². The summed E-state index contributed by atoms with van der Waals surface area (Å²) in [6, 6.07) is 0. The molecule has 0 saturated heterocycles. The SMILES string of the molecule is COCC(COC)CN(C)CCP(C)C. The molecule has 0 unspecified atom stereocenters. The molecule has 0 radical (unpaired) electrons. The molecule has 0 aliphatic carbocycles. The second-order valence-electron chi connectivity index (χ2n) is 4.34. The molecule has 0 aliphatic rings. The van der Waals surface area contributed by atoms with Gasteiger partial charge in [-0.3, -0.25) is 0 Å². The van der Waals surface area contributed by atoms with Gasteiger partial charge in [0.1, 0.15) is 0 Å². The summed E-state index contributed by atoms with van der Waals surface area (Å²) in [7, 11) is 5.90. The molecule has 92 valence electrons. The Morgan fingerprint density at radius 2 is 1.67 bits per heavy atom. The molecule has 4 heteroatoms. The third-order valence-electron chi connectivity index (χ3n) is 2.30. The van der Waals surface area contributed by atoms with E-state index in [-0.39, 0.29) is 7.92 Å². The van der Waals surface area contributed by atoms with Crippen LogP contribution in [0.1, 0.15) is 0 Å². The minimum absolute atomic E-state index is 0.222. The number of methoxy groups -OCH3 is 2. The number of nitrogens with zero attached hydrogens (tertiary/aromatic N) is 1. The zero-order valence-electron chi connectivity index (χ0n) is 10.8. The van der Waals surface area contributed by atoms with Crippen molar-refractivity contribution in [3.63, 3.8) is 0 Å². The van der Waals surface area contributed by atoms with Crippen LogP contribution in [0, 0.1) is 5.92 Å². The molecule has 0 heterocycles. The summed E-state index contributed by atoms with van der Waals surface area (Å²) in [6.45, 7) is 8.46. The van der Waals surface area contributed by atoms with Crippen molar-refractivity contribution in [1.29, 1.82) is 0 Å². The van der Waals surface area contributed by atoms with Crippen molar-refractivity contribution >= 4 is 7.92 Å². The van der Waals surface area contributed by atoms with Crippen LogP contribution in [0.25, 0.3) is 0 Å². The van der Waals surface area contributed by atoms with Gasteiger partial charge in [-0.05, 0) is 26.5 Å². The lowest BCUT2D eigenvalue weighted by atomic mass is 10.1. The van der Waals surface area contributed by atoms with E-state index in [0.717, 1.165) is 19.8 Å². The fraction of sp³-hybridized carbons (Fsp3) is 1.00. The summed E-state index contributed by atoms with van der Waals surface area (Å²) in [6.07, 6.45) is 1.32. The van der Waals surface area contributed by atoms with Gasteiger partial charge in [0.2, 0.25) is 0 Å². The molecule has 0 N–H and O–H groups in total. The Kier molecular flexibility index (Phi) is 9.73. The van der Waals surface area contributed by atoms with E-state index in [1.54, 1.807) is 14.2 Å². The summed E-state index contributed by atoms with van der Waals surface area (Å²) in [5.74, 6) is 0.491. The molecule has 0 spiro atoms. The summed E-state index contributed by atoms with van der Waals surface area (Å²) in [5, 5.41) is 0. The molecule has 0 aromatic carbocycles. The molecular weight excluding hydrogens is 209 g/mol. The highest BCUT2D eigenvalue weighted by molar-refractivity contribution is 7.56. The Balaban J connectivity index is 3.72. The third-order valence-corrected chi connectivity index (χ3v) is 3.40. The van der Waals surface area contributed by atoms with Gasteiger partial charge in [-0.2, -0.15) is 0 Å². The van der Waals surface area contributed by atoms with Crippen LogP contribution in [0.2, 0.25) is 0 Å². The van der Waals surface area contributed by atoms with Crippen molar-refractivity contribution in [2.24, 2.45) is 5.92 Å². The monoisotopic (exact) mass is 235 g/mol. The predicted octanol–water partition coefficient (Wildman–Crippen LogP) is 1.57. The summed E-state index contributed by atoms with van der Waals surface area (Å²) in [4.78, 5) is 2.38. The second-order valence-corrected chi connectivity index (χ2v) is 6.95. The van der Waals surface area contributed by atoms with Crippen LogP contribution in [-0.4, -0.2) is 72.0 Å². The van der Waals surface area contributed by atoms with E-state index in [1.807, 2.05) is 0 Å². The van der Waals surface area contributed by atoms with Crippen LogP contribution in [0.15, 0.2) is 0 Å². The molecule has 0 amide bonds. The van der Waals surface area contributed by atoms with Gasteiger partial charge in [-0.25, -0.2) is 0 Å². The van der Waals surface area contributed by atoms with Crippen LogP contribution in [0.4, 0.5) is 0 Å². The highest BCUT2D eigenvalue weighted by Gasteiger charge is 2.11. The molecule has 0 rings (SSSR count). The summed E-state index contributed by atoms with van der Waals surface area (Å²) >= 11 is 0. The van der Waals surface area contributed by atoms with Crippen molar-refractivity contribution < 1.29 is 9.47 Å². The molecular formula is C11H26NO2P. The van der Waals surface area contributed by atoms with Gasteiger partial charge >= 0.3 is 0 Å². The van der Waals surface area contributed by atoms with Crippen LogP contribution in [-0.2, 0) is 9.47 Å². The Morgan fingerprint density at radius 3 is 2.07 bits per heavy atom. The Bertz CT molecular complexity index is 139. The molecule has 0 atom stereocenters. The number of hydrogen-bond donors (Lipinski definition) is 0. The molecule has 0 saturated carbocycles. The fourth-order valence-electron chi connectivity index (χ4n) is 1.53. The molecule has 15 heavy (non-hydrogen) atoms. The van der Waals surface area contributed by atoms with Crippen molar-refractivity contribution in [2.45, 2.75) is 0 Å². The van der Waals surface area contributed by atoms with E-state index < -0.39 is 0 Å². The Hall–Kier alpha value is 0.310. The van der Waals surface area contributed by atoms with E-state index in [0.29, 0.717) is 5.92 Å². The first kappa shape index (κ1) is 15.3. The number of hydrogen-bond acceptors (Lipinski definition) is 3. The number of ether oxygens (including phenoxy) is 2. The maximum Gasteiger partial charge on any atom is 0.0524 e. The minimum atomic E-state index is 0.222. The normalized spacial score (nSPS) is 12.0. The highest BCUT2D eigenvalue weighted by Crippen LogP contribution is 2.23. The van der Waals surface area contributed by atoms with Gasteiger partial charge in [-0.1, -0.05) is 0 Å². The smallest absolute Gasteiger partial charge is 0.0524 e. The van der Waals surface area contributed by atoms with Crippen molar-refractivity contribution in [3.05, 3.63) is 0 Å². The first-order chi connectivity index (χ1) is 7.10. The van der Waals surface area contributed by atoms with Gasteiger partial charge in [0, 0.05) is 33.2 Å². The first-order valence-corrected chi connectivity index (χ1v) is 7.83. The molecule has 0 bridgehead atoms. The van der Waals surface area contributed by atoms with E-state index >= 15 is 0 Å². The average molecular weight is 235 g/mol. The van der Waals surface area contributed by atoms with Gasteiger partial charge < -0.3 is 14.4 Å². The molecule has 0 fully saturated rings. The summed E-state index contributed by atoms with van der Waals surface area (Å²) in [5.41, 5.74) is 0. The molecule has 0 aromatic heterocycles. The molecule has 3 nitrogen and oxygen atoms in total. The quantitative estimate of drug-likeness (QED) is 0.566. The minimum Gasteiger partial charge on any atom is -0.384 e. The van der Waals surface area contributed by atoms with Gasteiger partial charge in [0.25, 0.3) is 0 Å². The van der Waals surface area contributed by atoms with Gasteiger partial charge in [0.15, 0.2) is 0 Å². The molecule has 0 aromatic rings. The third kappa shape index (κ3) is 9.25. The van der Waals surface area contributed by atoms with Crippen LogP contribution >= 0.6 is 7.92 Å². The van der Waals surface area contributed by atoms with Crippen LogP contribution < -0.4 is 0 Å². The standard InChI is InChI=1S/C11H26NO2P/c1-12(6-7-15(4)5)8-11(9-13-2)10-14-3/h11H,6-10H2,1-5H3. The summed E-state index contributed by atoms with van der Waals surface area (Å²) < 4.78 is 10.4. The largest absolute Gasteiger partial charge is 0.384 e. The predicted molar refractivity (Wildman–Crippen MR) is 68.4 cm³/mol. The van der Waals surface area contributed by atoms with Crippen molar-refractivity contribution in [3.8, 4) is 0 Å². The lowest BCUT2D eigenvalue weighted by molar-refractivity contribution is 0.0679. The second kappa shape index (κ2) is 9.53. The average Bonchev–Trinajstić information content (AvgIpc) is 2.15. The zero-order valence-corrected chi connectivity index (χ0v) is 11.7. The molecule has 0 aliphatic heterocycles. The van der Waals surface area contributed by atoms with Gasteiger partial charge in [-0.15, -0.1) is 7.92 Å². The maximum absolute atomic E-state index is 5.18. The van der Waals surface area contributed by atoms with Crippen LogP contribution in [0.3, 0.4) is 0 Å². The lowest BCUT2D eigenvalue weighted by Gasteiger charge is -2.23. The number of rotatable bonds is 9. The van der Waals surface area contributed by atoms with E-state index in [1.165, 1.54) is 12.7 Å². The topological polar surface area (TPSA) is 21.7 Å².